The maximum atomic E-state index is 5.89. The van der Waals surface area contributed by atoms with Gasteiger partial charge in [0.25, 0.3) is 0 Å². The highest BCUT2D eigenvalue weighted by Gasteiger charge is 2.25. The van der Waals surface area contributed by atoms with E-state index >= 15 is 0 Å². The molecule has 2 heterocycles. The van der Waals surface area contributed by atoms with E-state index in [1.54, 1.807) is 11.3 Å². The van der Waals surface area contributed by atoms with Crippen LogP contribution in [-0.2, 0) is 0 Å². The second-order valence-corrected chi connectivity index (χ2v) is 5.49. The average Bonchev–Trinajstić information content (AvgIpc) is 3.00. The summed E-state index contributed by atoms with van der Waals surface area (Å²) in [4.78, 5) is 5.56. The topological polar surface area (TPSA) is 64.9 Å². The lowest BCUT2D eigenvalue weighted by atomic mass is 9.86. The molecule has 0 bridgehead atoms. The summed E-state index contributed by atoms with van der Waals surface area (Å²) in [6, 6.07) is 4.36. The van der Waals surface area contributed by atoms with Gasteiger partial charge in [-0.05, 0) is 37.1 Å². The molecule has 0 aliphatic heterocycles. The van der Waals surface area contributed by atoms with Crippen molar-refractivity contribution in [1.29, 1.82) is 0 Å². The van der Waals surface area contributed by atoms with Gasteiger partial charge in [0.2, 0.25) is 11.7 Å². The van der Waals surface area contributed by atoms with Gasteiger partial charge in [-0.25, -0.2) is 0 Å². The molecule has 1 saturated carbocycles. The molecule has 0 saturated heterocycles. The summed E-state index contributed by atoms with van der Waals surface area (Å²) in [5, 5.41) is 6.06. The van der Waals surface area contributed by atoms with Crippen molar-refractivity contribution in [3.63, 3.8) is 0 Å². The Morgan fingerprint density at radius 2 is 2.12 bits per heavy atom. The van der Waals surface area contributed by atoms with Gasteiger partial charge in [0, 0.05) is 12.0 Å². The van der Waals surface area contributed by atoms with Crippen LogP contribution in [0.25, 0.3) is 10.7 Å². The molecular weight excluding hydrogens is 234 g/mol. The van der Waals surface area contributed by atoms with E-state index in [0.29, 0.717) is 17.8 Å². The fraction of sp³-hybridized carbons (Fsp3) is 0.500. The number of thiophene rings is 1. The first-order valence-electron chi connectivity index (χ1n) is 5.96. The van der Waals surface area contributed by atoms with Crippen LogP contribution in [0.15, 0.2) is 22.0 Å². The summed E-state index contributed by atoms with van der Waals surface area (Å²) in [6.07, 6.45) is 4.24. The van der Waals surface area contributed by atoms with Crippen molar-refractivity contribution in [1.82, 2.24) is 10.1 Å². The molecule has 5 heteroatoms. The third-order valence-corrected chi connectivity index (χ3v) is 4.17. The van der Waals surface area contributed by atoms with Gasteiger partial charge in [0.05, 0.1) is 4.88 Å². The van der Waals surface area contributed by atoms with Crippen molar-refractivity contribution in [2.24, 2.45) is 5.73 Å². The minimum atomic E-state index is 0.353. The van der Waals surface area contributed by atoms with Crippen molar-refractivity contribution >= 4 is 11.3 Å². The van der Waals surface area contributed by atoms with Crippen molar-refractivity contribution in [2.75, 3.05) is 0 Å². The minimum Gasteiger partial charge on any atom is -0.339 e. The lowest BCUT2D eigenvalue weighted by Gasteiger charge is -2.22. The summed E-state index contributed by atoms with van der Waals surface area (Å²) in [5.74, 6) is 1.89. The molecule has 17 heavy (non-hydrogen) atoms. The van der Waals surface area contributed by atoms with Crippen LogP contribution in [-0.4, -0.2) is 16.2 Å². The smallest absolute Gasteiger partial charge is 0.230 e. The van der Waals surface area contributed by atoms with Gasteiger partial charge in [0.1, 0.15) is 0 Å². The normalized spacial score (nSPS) is 25.0. The van der Waals surface area contributed by atoms with Crippen molar-refractivity contribution in [2.45, 2.75) is 37.6 Å². The molecule has 0 unspecified atom stereocenters. The number of nitrogens with zero attached hydrogens (tertiary/aromatic N) is 2. The summed E-state index contributed by atoms with van der Waals surface area (Å²) >= 11 is 1.63. The van der Waals surface area contributed by atoms with E-state index in [-0.39, 0.29) is 0 Å². The summed E-state index contributed by atoms with van der Waals surface area (Å²) in [7, 11) is 0. The number of nitrogens with two attached hydrogens (primary N) is 1. The van der Waals surface area contributed by atoms with Crippen LogP contribution in [0, 0.1) is 0 Å². The standard InChI is InChI=1S/C12H15N3OS/c13-9-5-3-8(4-6-9)12-14-11(15-16-12)10-2-1-7-17-10/h1-2,7-9H,3-6,13H2. The lowest BCUT2D eigenvalue weighted by molar-refractivity contribution is 0.301. The second-order valence-electron chi connectivity index (χ2n) is 4.55. The molecule has 4 nitrogen and oxygen atoms in total. The zero-order valence-corrected chi connectivity index (χ0v) is 10.3. The fourth-order valence-electron chi connectivity index (χ4n) is 2.27. The maximum Gasteiger partial charge on any atom is 0.230 e. The largest absolute Gasteiger partial charge is 0.339 e. The third kappa shape index (κ3) is 2.25. The highest BCUT2D eigenvalue weighted by molar-refractivity contribution is 7.13. The first kappa shape index (κ1) is 10.9. The molecule has 1 aliphatic rings. The molecule has 3 rings (SSSR count). The van der Waals surface area contributed by atoms with E-state index in [1.807, 2.05) is 17.5 Å². The molecule has 0 aromatic carbocycles. The fourth-order valence-corrected chi connectivity index (χ4v) is 2.92. The van der Waals surface area contributed by atoms with Gasteiger partial charge < -0.3 is 10.3 Å². The molecule has 0 amide bonds. The molecule has 90 valence electrons. The van der Waals surface area contributed by atoms with Gasteiger partial charge in [-0.3, -0.25) is 0 Å². The van der Waals surface area contributed by atoms with Gasteiger partial charge in [-0.15, -0.1) is 11.3 Å². The molecule has 0 spiro atoms. The predicted octanol–water partition coefficient (Wildman–Crippen LogP) is 2.78. The minimum absolute atomic E-state index is 0.353. The quantitative estimate of drug-likeness (QED) is 0.888. The van der Waals surface area contributed by atoms with Crippen LogP contribution in [0.3, 0.4) is 0 Å². The molecule has 2 aromatic rings. The van der Waals surface area contributed by atoms with Gasteiger partial charge in [-0.2, -0.15) is 4.98 Å². The van der Waals surface area contributed by atoms with Crippen LogP contribution in [0.2, 0.25) is 0 Å². The monoisotopic (exact) mass is 249 g/mol. The van der Waals surface area contributed by atoms with E-state index in [1.165, 1.54) is 0 Å². The number of hydrogen-bond donors (Lipinski definition) is 1. The van der Waals surface area contributed by atoms with Crippen molar-refractivity contribution < 1.29 is 4.52 Å². The summed E-state index contributed by atoms with van der Waals surface area (Å²) in [6.45, 7) is 0. The highest BCUT2D eigenvalue weighted by atomic mass is 32.1. The maximum absolute atomic E-state index is 5.89. The van der Waals surface area contributed by atoms with E-state index in [9.17, 15) is 0 Å². The van der Waals surface area contributed by atoms with E-state index in [0.717, 1.165) is 36.5 Å². The first-order chi connectivity index (χ1) is 8.33. The van der Waals surface area contributed by atoms with Crippen LogP contribution in [0.1, 0.15) is 37.5 Å². The Hall–Kier alpha value is -1.20. The number of hydrogen-bond acceptors (Lipinski definition) is 5. The molecular formula is C12H15N3OS. The van der Waals surface area contributed by atoms with E-state index < -0.39 is 0 Å². The average molecular weight is 249 g/mol. The number of rotatable bonds is 2. The van der Waals surface area contributed by atoms with Crippen molar-refractivity contribution in [3.05, 3.63) is 23.4 Å². The Morgan fingerprint density at radius 3 is 2.82 bits per heavy atom. The Bertz CT molecular complexity index is 472. The predicted molar refractivity (Wildman–Crippen MR) is 66.8 cm³/mol. The Labute approximate surface area is 104 Å². The highest BCUT2D eigenvalue weighted by Crippen LogP contribution is 2.32. The van der Waals surface area contributed by atoms with Crippen LogP contribution >= 0.6 is 11.3 Å². The zero-order chi connectivity index (χ0) is 11.7. The Morgan fingerprint density at radius 1 is 1.29 bits per heavy atom. The van der Waals surface area contributed by atoms with E-state index in [2.05, 4.69) is 10.1 Å². The van der Waals surface area contributed by atoms with Crippen LogP contribution < -0.4 is 5.73 Å². The van der Waals surface area contributed by atoms with Gasteiger partial charge >= 0.3 is 0 Å². The third-order valence-electron chi connectivity index (χ3n) is 3.30. The Balaban J connectivity index is 1.76. The second kappa shape index (κ2) is 4.58. The van der Waals surface area contributed by atoms with E-state index in [4.69, 9.17) is 10.3 Å². The molecule has 1 aliphatic carbocycles. The number of aromatic nitrogens is 2. The molecule has 2 aromatic heterocycles. The lowest BCUT2D eigenvalue weighted by Crippen LogP contribution is -2.25. The molecule has 0 radical (unpaired) electrons. The zero-order valence-electron chi connectivity index (χ0n) is 9.50. The van der Waals surface area contributed by atoms with Crippen LogP contribution in [0.4, 0.5) is 0 Å². The first-order valence-corrected chi connectivity index (χ1v) is 6.84. The van der Waals surface area contributed by atoms with Crippen LogP contribution in [0.5, 0.6) is 0 Å². The molecule has 2 N–H and O–H groups in total. The summed E-state index contributed by atoms with van der Waals surface area (Å²) < 4.78 is 5.37. The van der Waals surface area contributed by atoms with Gasteiger partial charge in [0.15, 0.2) is 0 Å². The molecule has 0 atom stereocenters. The SMILES string of the molecule is NC1CCC(c2nc(-c3cccs3)no2)CC1. The molecule has 1 fully saturated rings. The van der Waals surface area contributed by atoms with Gasteiger partial charge in [-0.1, -0.05) is 11.2 Å². The Kier molecular flexibility index (Phi) is 2.94. The van der Waals surface area contributed by atoms with Crippen molar-refractivity contribution in [3.8, 4) is 10.7 Å². The summed E-state index contributed by atoms with van der Waals surface area (Å²) in [5.41, 5.74) is 5.89.